The van der Waals surface area contributed by atoms with Gasteiger partial charge in [0, 0.05) is 36.2 Å². The third-order valence-electron chi connectivity index (χ3n) is 5.53. The molecule has 1 N–H and O–H groups in total. The summed E-state index contributed by atoms with van der Waals surface area (Å²) in [5.41, 5.74) is 1.07. The Hall–Kier alpha value is -2.49. The topological polar surface area (TPSA) is 110 Å². The number of carbonyl (C=O) groups excluding carboxylic acids is 1. The molecule has 0 saturated carbocycles. The van der Waals surface area contributed by atoms with Crippen molar-refractivity contribution < 1.29 is 18.1 Å². The number of carbonyl (C=O) groups is 1. The van der Waals surface area contributed by atoms with Crippen LogP contribution >= 0.6 is 11.6 Å². The smallest absolute Gasteiger partial charge is 0.270 e. The largest absolute Gasteiger partial charge is 0.349 e. The Labute approximate surface area is 186 Å². The molecular formula is C21H24ClN3O5S. The molecule has 1 aliphatic heterocycles. The van der Waals surface area contributed by atoms with Gasteiger partial charge in [0.2, 0.25) is 15.9 Å². The predicted octanol–water partition coefficient (Wildman–Crippen LogP) is 3.83. The van der Waals surface area contributed by atoms with Gasteiger partial charge in [-0.3, -0.25) is 14.9 Å². The summed E-state index contributed by atoms with van der Waals surface area (Å²) < 4.78 is 27.4. The maximum Gasteiger partial charge on any atom is 0.270 e. The van der Waals surface area contributed by atoms with E-state index < -0.39 is 14.9 Å². The summed E-state index contributed by atoms with van der Waals surface area (Å²) in [6.45, 7) is 3.82. The average molecular weight is 466 g/mol. The Morgan fingerprint density at radius 3 is 2.52 bits per heavy atom. The number of piperidine rings is 1. The Bertz CT molecular complexity index is 1100. The molecular weight excluding hydrogens is 442 g/mol. The lowest BCUT2D eigenvalue weighted by atomic mass is 9.96. The zero-order valence-corrected chi connectivity index (χ0v) is 18.8. The molecule has 8 nitrogen and oxygen atoms in total. The van der Waals surface area contributed by atoms with E-state index in [9.17, 15) is 23.3 Å². The van der Waals surface area contributed by atoms with Crippen molar-refractivity contribution in [3.63, 3.8) is 0 Å². The highest BCUT2D eigenvalue weighted by Gasteiger charge is 2.34. The SMILES string of the molecule is Cc1ccc([N+](=O)[O-])cc1S(=O)(=O)N1CCC(C(=O)NC(C)c2cccc(Cl)c2)CC1. The van der Waals surface area contributed by atoms with Gasteiger partial charge in [0.15, 0.2) is 0 Å². The Kier molecular flexibility index (Phi) is 6.98. The summed E-state index contributed by atoms with van der Waals surface area (Å²) in [6.07, 6.45) is 0.753. The molecule has 0 bridgehead atoms. The highest BCUT2D eigenvalue weighted by atomic mass is 35.5. The van der Waals surface area contributed by atoms with Crippen LogP contribution in [0.1, 0.15) is 36.9 Å². The monoisotopic (exact) mass is 465 g/mol. The fraction of sp³-hybridized carbons (Fsp3) is 0.381. The van der Waals surface area contributed by atoms with Crippen molar-refractivity contribution in [3.05, 3.63) is 68.7 Å². The van der Waals surface area contributed by atoms with E-state index in [2.05, 4.69) is 5.32 Å². The van der Waals surface area contributed by atoms with Crippen molar-refractivity contribution >= 4 is 33.2 Å². The summed E-state index contributed by atoms with van der Waals surface area (Å²) in [7, 11) is -3.89. The highest BCUT2D eigenvalue weighted by molar-refractivity contribution is 7.89. The van der Waals surface area contributed by atoms with Crippen LogP contribution in [0.3, 0.4) is 0 Å². The molecule has 2 aromatic rings. The normalized spacial score (nSPS) is 16.6. The van der Waals surface area contributed by atoms with Crippen LogP contribution in [0, 0.1) is 23.0 Å². The summed E-state index contributed by atoms with van der Waals surface area (Å²) >= 11 is 6.01. The number of nitrogens with zero attached hydrogens (tertiary/aromatic N) is 2. The summed E-state index contributed by atoms with van der Waals surface area (Å²) in [4.78, 5) is 23.0. The number of nitro groups is 1. The summed E-state index contributed by atoms with van der Waals surface area (Å²) in [6, 6.07) is 10.8. The molecule has 166 valence electrons. The molecule has 0 aliphatic carbocycles. The van der Waals surface area contributed by atoms with Crippen molar-refractivity contribution in [1.29, 1.82) is 0 Å². The van der Waals surface area contributed by atoms with E-state index in [1.54, 1.807) is 19.1 Å². The van der Waals surface area contributed by atoms with Crippen molar-refractivity contribution in [3.8, 4) is 0 Å². The fourth-order valence-electron chi connectivity index (χ4n) is 3.67. The fourth-order valence-corrected chi connectivity index (χ4v) is 5.58. The van der Waals surface area contributed by atoms with Gasteiger partial charge in [-0.25, -0.2) is 8.42 Å². The van der Waals surface area contributed by atoms with Gasteiger partial charge in [-0.15, -0.1) is 0 Å². The first-order chi connectivity index (χ1) is 14.6. The first kappa shape index (κ1) is 23.2. The molecule has 1 unspecified atom stereocenters. The lowest BCUT2D eigenvalue weighted by molar-refractivity contribution is -0.385. The molecule has 0 radical (unpaired) electrons. The number of hydrogen-bond acceptors (Lipinski definition) is 5. The summed E-state index contributed by atoms with van der Waals surface area (Å²) in [5.74, 6) is -0.435. The van der Waals surface area contributed by atoms with Crippen molar-refractivity contribution in [2.24, 2.45) is 5.92 Å². The number of benzene rings is 2. The number of halogens is 1. The zero-order valence-electron chi connectivity index (χ0n) is 17.2. The van der Waals surface area contributed by atoms with Gasteiger partial charge in [0.25, 0.3) is 5.69 Å². The van der Waals surface area contributed by atoms with Gasteiger partial charge in [-0.2, -0.15) is 4.31 Å². The average Bonchev–Trinajstić information content (AvgIpc) is 2.73. The number of sulfonamides is 1. The lowest BCUT2D eigenvalue weighted by Crippen LogP contribution is -2.43. The molecule has 1 aliphatic rings. The molecule has 1 heterocycles. The molecule has 0 spiro atoms. The maximum atomic E-state index is 13.0. The van der Waals surface area contributed by atoms with Crippen LogP contribution in [0.5, 0.6) is 0 Å². The number of nitrogens with one attached hydrogen (secondary N) is 1. The molecule has 1 fully saturated rings. The third kappa shape index (κ3) is 5.23. The van der Waals surface area contributed by atoms with Gasteiger partial charge in [0.1, 0.15) is 0 Å². The molecule has 1 saturated heterocycles. The van der Waals surface area contributed by atoms with E-state index in [4.69, 9.17) is 11.6 Å². The Morgan fingerprint density at radius 1 is 1.23 bits per heavy atom. The minimum absolute atomic E-state index is 0.0702. The van der Waals surface area contributed by atoms with Crippen LogP contribution in [0.25, 0.3) is 0 Å². The maximum absolute atomic E-state index is 13.0. The van der Waals surface area contributed by atoms with Gasteiger partial charge in [-0.1, -0.05) is 29.8 Å². The number of aryl methyl sites for hydroxylation is 1. The molecule has 0 aromatic heterocycles. The van der Waals surface area contributed by atoms with Gasteiger partial charge in [-0.05, 0) is 49.9 Å². The molecule has 1 amide bonds. The molecule has 31 heavy (non-hydrogen) atoms. The quantitative estimate of drug-likeness (QED) is 0.515. The van der Waals surface area contributed by atoms with E-state index in [-0.39, 0.29) is 41.5 Å². The standard InChI is InChI=1S/C21H24ClN3O5S/c1-14-6-7-19(25(27)28)13-20(14)31(29,30)24-10-8-16(9-11-24)21(26)23-15(2)17-4-3-5-18(22)12-17/h3-7,12-13,15-16H,8-11H2,1-2H3,(H,23,26). The van der Waals surface area contributed by atoms with Gasteiger partial charge in [0.05, 0.1) is 15.9 Å². The second-order valence-electron chi connectivity index (χ2n) is 7.67. The van der Waals surface area contributed by atoms with E-state index >= 15 is 0 Å². The van der Waals surface area contributed by atoms with E-state index in [1.807, 2.05) is 19.1 Å². The van der Waals surface area contributed by atoms with E-state index in [0.29, 0.717) is 23.4 Å². The number of nitro benzene ring substituents is 1. The minimum Gasteiger partial charge on any atom is -0.349 e. The van der Waals surface area contributed by atoms with E-state index in [0.717, 1.165) is 11.6 Å². The van der Waals surface area contributed by atoms with Gasteiger partial charge >= 0.3 is 0 Å². The number of amides is 1. The second-order valence-corrected chi connectivity index (χ2v) is 10.0. The zero-order chi connectivity index (χ0) is 22.8. The van der Waals surface area contributed by atoms with Crippen LogP contribution in [0.2, 0.25) is 5.02 Å². The number of non-ortho nitro benzene ring substituents is 1. The van der Waals surface area contributed by atoms with Crippen molar-refractivity contribution in [2.75, 3.05) is 13.1 Å². The first-order valence-electron chi connectivity index (χ1n) is 9.90. The van der Waals surface area contributed by atoms with E-state index in [1.165, 1.54) is 16.4 Å². The lowest BCUT2D eigenvalue weighted by Gasteiger charge is -2.31. The highest BCUT2D eigenvalue weighted by Crippen LogP contribution is 2.29. The van der Waals surface area contributed by atoms with Crippen LogP contribution < -0.4 is 5.32 Å². The molecule has 10 heteroatoms. The summed E-state index contributed by atoms with van der Waals surface area (Å²) in [5, 5.41) is 14.6. The Balaban J connectivity index is 1.65. The molecule has 2 aromatic carbocycles. The molecule has 1 atom stereocenters. The number of rotatable bonds is 6. The van der Waals surface area contributed by atoms with Crippen LogP contribution in [-0.2, 0) is 14.8 Å². The van der Waals surface area contributed by atoms with Crippen LogP contribution in [0.15, 0.2) is 47.4 Å². The van der Waals surface area contributed by atoms with Crippen LogP contribution in [-0.4, -0.2) is 36.6 Å². The van der Waals surface area contributed by atoms with Crippen molar-refractivity contribution in [2.45, 2.75) is 37.6 Å². The third-order valence-corrected chi connectivity index (χ3v) is 7.81. The minimum atomic E-state index is -3.89. The second kappa shape index (κ2) is 9.33. The predicted molar refractivity (Wildman–Crippen MR) is 117 cm³/mol. The number of hydrogen-bond donors (Lipinski definition) is 1. The van der Waals surface area contributed by atoms with Crippen molar-refractivity contribution in [1.82, 2.24) is 9.62 Å². The first-order valence-corrected chi connectivity index (χ1v) is 11.7. The van der Waals surface area contributed by atoms with Crippen LogP contribution in [0.4, 0.5) is 5.69 Å². The Morgan fingerprint density at radius 2 is 1.90 bits per heavy atom. The molecule has 3 rings (SSSR count). The van der Waals surface area contributed by atoms with Gasteiger partial charge < -0.3 is 5.32 Å².